The molecule has 0 aromatic rings. The molecule has 1 aliphatic rings. The molecule has 0 radical (unpaired) electrons. The van der Waals surface area contributed by atoms with Crippen LogP contribution < -0.4 is 5.32 Å². The fraction of sp³-hybridized carbons (Fsp3) is 0.824. The molecule has 1 fully saturated rings. The van der Waals surface area contributed by atoms with Crippen molar-refractivity contribution < 1.29 is 9.53 Å². The van der Waals surface area contributed by atoms with Gasteiger partial charge in [-0.3, -0.25) is 0 Å². The van der Waals surface area contributed by atoms with Gasteiger partial charge in [0.2, 0.25) is 0 Å². The zero-order chi connectivity index (χ0) is 16.6. The van der Waals surface area contributed by atoms with E-state index in [0.29, 0.717) is 6.04 Å². The molecule has 5 heteroatoms. The summed E-state index contributed by atoms with van der Waals surface area (Å²) < 4.78 is 5.50. The molecule has 1 heterocycles. The van der Waals surface area contributed by atoms with Crippen LogP contribution in [0.4, 0.5) is 4.79 Å². The van der Waals surface area contributed by atoms with Crippen LogP contribution in [0.3, 0.4) is 0 Å². The Labute approximate surface area is 139 Å². The molecule has 4 nitrogen and oxygen atoms in total. The summed E-state index contributed by atoms with van der Waals surface area (Å²) in [5, 5.41) is 3.51. The average Bonchev–Trinajstić information content (AvgIpc) is 2.84. The van der Waals surface area contributed by atoms with E-state index in [2.05, 4.69) is 18.2 Å². The van der Waals surface area contributed by atoms with E-state index >= 15 is 0 Å². The molecule has 22 heavy (non-hydrogen) atoms. The number of amides is 1. The molecule has 0 bridgehead atoms. The predicted molar refractivity (Wildman–Crippen MR) is 94.2 cm³/mol. The van der Waals surface area contributed by atoms with Crippen molar-refractivity contribution in [1.29, 1.82) is 0 Å². The first kappa shape index (κ1) is 19.2. The van der Waals surface area contributed by atoms with Gasteiger partial charge in [-0.15, -0.1) is 18.2 Å². The number of nitrogens with zero attached hydrogens (tertiary/aromatic N) is 1. The van der Waals surface area contributed by atoms with Crippen molar-refractivity contribution in [1.82, 2.24) is 10.2 Å². The van der Waals surface area contributed by atoms with Gasteiger partial charge in [-0.2, -0.15) is 0 Å². The number of hydrogen-bond acceptors (Lipinski definition) is 4. The molecule has 126 valence electrons. The second kappa shape index (κ2) is 9.32. The fourth-order valence-electron chi connectivity index (χ4n) is 2.64. The highest BCUT2D eigenvalue weighted by molar-refractivity contribution is 7.99. The van der Waals surface area contributed by atoms with Crippen molar-refractivity contribution in [3.63, 3.8) is 0 Å². The van der Waals surface area contributed by atoms with E-state index in [0.717, 1.165) is 43.9 Å². The molecule has 1 aliphatic heterocycles. The summed E-state index contributed by atoms with van der Waals surface area (Å²) in [4.78, 5) is 14.1. The molecular weight excluding hydrogens is 296 g/mol. The molecular formula is C17H30N2O2S. The number of ether oxygens (including phenoxy) is 1. The van der Waals surface area contributed by atoms with Crippen molar-refractivity contribution in [2.45, 2.75) is 64.6 Å². The number of rotatable bonds is 7. The van der Waals surface area contributed by atoms with Crippen LogP contribution in [0.5, 0.6) is 0 Å². The lowest BCUT2D eigenvalue weighted by atomic mass is 10.1. The van der Waals surface area contributed by atoms with Gasteiger partial charge >= 0.3 is 6.09 Å². The van der Waals surface area contributed by atoms with E-state index in [1.165, 1.54) is 0 Å². The smallest absolute Gasteiger partial charge is 0.410 e. The van der Waals surface area contributed by atoms with E-state index in [1.54, 1.807) is 11.8 Å². The molecule has 2 unspecified atom stereocenters. The van der Waals surface area contributed by atoms with Crippen LogP contribution in [0.1, 0.15) is 47.0 Å². The topological polar surface area (TPSA) is 41.6 Å². The first-order valence-electron chi connectivity index (χ1n) is 8.07. The lowest BCUT2D eigenvalue weighted by Crippen LogP contribution is -2.42. The Morgan fingerprint density at radius 2 is 2.27 bits per heavy atom. The normalized spacial score (nSPS) is 19.8. The van der Waals surface area contributed by atoms with E-state index in [-0.39, 0.29) is 12.1 Å². The zero-order valence-electron chi connectivity index (χ0n) is 14.4. The van der Waals surface area contributed by atoms with E-state index in [4.69, 9.17) is 11.2 Å². The Kier molecular flexibility index (Phi) is 8.13. The van der Waals surface area contributed by atoms with Crippen LogP contribution in [0.25, 0.3) is 0 Å². The molecule has 0 spiro atoms. The van der Waals surface area contributed by atoms with E-state index in [9.17, 15) is 4.79 Å². The first-order chi connectivity index (χ1) is 10.3. The minimum Gasteiger partial charge on any atom is -0.444 e. The van der Waals surface area contributed by atoms with Crippen LogP contribution in [-0.2, 0) is 4.74 Å². The molecule has 1 N–H and O–H groups in total. The molecule has 1 amide bonds. The third kappa shape index (κ3) is 7.42. The molecule has 0 saturated carbocycles. The summed E-state index contributed by atoms with van der Waals surface area (Å²) in [5.41, 5.74) is -0.428. The second-order valence-electron chi connectivity index (χ2n) is 6.82. The van der Waals surface area contributed by atoms with Gasteiger partial charge in [-0.1, -0.05) is 5.92 Å². The third-order valence-corrected chi connectivity index (χ3v) is 4.42. The Morgan fingerprint density at radius 3 is 2.91 bits per heavy atom. The Balaban J connectivity index is 2.34. The van der Waals surface area contributed by atoms with Gasteiger partial charge in [-0.25, -0.2) is 4.79 Å². The summed E-state index contributed by atoms with van der Waals surface area (Å²) in [7, 11) is 0. The molecule has 0 aliphatic carbocycles. The second-order valence-corrected chi connectivity index (χ2v) is 7.92. The van der Waals surface area contributed by atoms with Crippen LogP contribution in [0, 0.1) is 12.3 Å². The molecule has 0 aromatic carbocycles. The number of nitrogens with one attached hydrogen (secondary N) is 1. The van der Waals surface area contributed by atoms with Crippen LogP contribution in [0.15, 0.2) is 0 Å². The first-order valence-corrected chi connectivity index (χ1v) is 9.23. The van der Waals surface area contributed by atoms with Crippen molar-refractivity contribution in [2.24, 2.45) is 0 Å². The van der Waals surface area contributed by atoms with Gasteiger partial charge in [0.05, 0.1) is 5.75 Å². The molecule has 0 aromatic heterocycles. The van der Waals surface area contributed by atoms with Gasteiger partial charge in [0.1, 0.15) is 5.60 Å². The Hall–Kier alpha value is -0.860. The zero-order valence-corrected chi connectivity index (χ0v) is 15.2. The minimum absolute atomic E-state index is 0.174. The van der Waals surface area contributed by atoms with Crippen LogP contribution >= 0.6 is 11.8 Å². The largest absolute Gasteiger partial charge is 0.444 e. The van der Waals surface area contributed by atoms with Crippen LogP contribution in [0.2, 0.25) is 0 Å². The fourth-order valence-corrected chi connectivity index (χ4v) is 3.17. The lowest BCUT2D eigenvalue weighted by Gasteiger charge is -2.30. The highest BCUT2D eigenvalue weighted by Gasteiger charge is 2.32. The monoisotopic (exact) mass is 326 g/mol. The SMILES string of the molecule is C#CCSCCNC(C)CC1CCCN1C(=O)OC(C)(C)C. The number of hydrogen-bond donors (Lipinski definition) is 1. The number of likely N-dealkylation sites (tertiary alicyclic amines) is 1. The van der Waals surface area contributed by atoms with Crippen LogP contribution in [-0.4, -0.2) is 53.3 Å². The van der Waals surface area contributed by atoms with Crippen molar-refractivity contribution in [2.75, 3.05) is 24.6 Å². The highest BCUT2D eigenvalue weighted by atomic mass is 32.2. The standard InChI is InChI=1S/C17H30N2O2S/c1-6-11-22-12-9-18-14(2)13-15-8-7-10-19(15)16(20)21-17(3,4)5/h1,14-15,18H,7-13H2,2-5H3. The van der Waals surface area contributed by atoms with Gasteiger partial charge in [-0.05, 0) is 47.0 Å². The highest BCUT2D eigenvalue weighted by Crippen LogP contribution is 2.24. The summed E-state index contributed by atoms with van der Waals surface area (Å²) in [6, 6.07) is 0.676. The summed E-state index contributed by atoms with van der Waals surface area (Å²) in [6.07, 6.45) is 8.15. The number of carbonyl (C=O) groups is 1. The number of carbonyl (C=O) groups excluding carboxylic acids is 1. The van der Waals surface area contributed by atoms with Gasteiger partial charge in [0.25, 0.3) is 0 Å². The van der Waals surface area contributed by atoms with Gasteiger partial charge < -0.3 is 15.0 Å². The number of terminal acetylenes is 1. The summed E-state index contributed by atoms with van der Waals surface area (Å²) in [5.74, 6) is 4.42. The predicted octanol–water partition coefficient (Wildman–Crippen LogP) is 3.12. The van der Waals surface area contributed by atoms with E-state index < -0.39 is 5.60 Å². The Morgan fingerprint density at radius 1 is 1.55 bits per heavy atom. The summed E-state index contributed by atoms with van der Waals surface area (Å²) in [6.45, 7) is 9.67. The van der Waals surface area contributed by atoms with E-state index in [1.807, 2.05) is 25.7 Å². The molecule has 1 saturated heterocycles. The minimum atomic E-state index is -0.428. The number of thioether (sulfide) groups is 1. The van der Waals surface area contributed by atoms with Gasteiger partial charge in [0, 0.05) is 30.9 Å². The van der Waals surface area contributed by atoms with Crippen molar-refractivity contribution in [3.05, 3.63) is 0 Å². The third-order valence-electron chi connectivity index (χ3n) is 3.56. The van der Waals surface area contributed by atoms with Crippen molar-refractivity contribution >= 4 is 17.9 Å². The quantitative estimate of drug-likeness (QED) is 0.576. The maximum absolute atomic E-state index is 12.2. The molecule has 2 atom stereocenters. The molecule has 1 rings (SSSR count). The maximum atomic E-state index is 12.2. The lowest BCUT2D eigenvalue weighted by molar-refractivity contribution is 0.0215. The summed E-state index contributed by atoms with van der Waals surface area (Å²) >= 11 is 1.77. The Bertz CT molecular complexity index is 387. The van der Waals surface area contributed by atoms with Crippen molar-refractivity contribution in [3.8, 4) is 12.3 Å². The maximum Gasteiger partial charge on any atom is 0.410 e. The average molecular weight is 327 g/mol. The van der Waals surface area contributed by atoms with Gasteiger partial charge in [0.15, 0.2) is 0 Å².